The van der Waals surface area contributed by atoms with Gasteiger partial charge in [-0.25, -0.2) is 4.57 Å². The van der Waals surface area contributed by atoms with Crippen molar-refractivity contribution in [2.24, 2.45) is 5.73 Å². The quantitative estimate of drug-likeness (QED) is 0.0110. The maximum Gasteiger partial charge on any atom is 0.472 e. The molecule has 7 N–H and O–H groups in total. The van der Waals surface area contributed by atoms with Gasteiger partial charge in [-0.15, -0.1) is 11.8 Å². The number of thioether (sulfide) groups is 1. The van der Waals surface area contributed by atoms with E-state index in [2.05, 4.69) is 67.0 Å². The molecular formula is C49H80NO13PS. The third kappa shape index (κ3) is 40.6. The number of hydrogen-bond donors (Lipinski definition) is 6. The van der Waals surface area contributed by atoms with E-state index in [0.29, 0.717) is 12.8 Å². The van der Waals surface area contributed by atoms with Gasteiger partial charge < -0.3 is 40.5 Å². The third-order valence-corrected chi connectivity index (χ3v) is 11.6. The monoisotopic (exact) mass is 954 g/mol. The van der Waals surface area contributed by atoms with E-state index in [1.807, 2.05) is 30.4 Å². The number of aliphatic carboxylic acids is 1. The summed E-state index contributed by atoms with van der Waals surface area (Å²) in [6.45, 7) is 1.66. The average Bonchev–Trinajstić information content (AvgIpc) is 3.28. The number of nitrogens with two attached hydrogens (primary N) is 1. The lowest BCUT2D eigenvalue weighted by molar-refractivity contribution is -0.161. The van der Waals surface area contributed by atoms with Crippen LogP contribution in [0.25, 0.3) is 0 Å². The molecule has 0 saturated carbocycles. The minimum absolute atomic E-state index is 0.000311. The van der Waals surface area contributed by atoms with Crippen LogP contribution in [0.1, 0.15) is 129 Å². The molecule has 0 aromatic rings. The van der Waals surface area contributed by atoms with E-state index in [9.17, 15) is 34.1 Å². The first-order valence-electron chi connectivity index (χ1n) is 23.1. The fourth-order valence-electron chi connectivity index (χ4n) is 5.48. The fraction of sp³-hybridized carbons (Fsp3) is 0.612. The summed E-state index contributed by atoms with van der Waals surface area (Å²) in [6.07, 6.45) is 42.8. The number of phosphoric acid groups is 1. The van der Waals surface area contributed by atoms with Crippen LogP contribution in [-0.2, 0) is 37.5 Å². The van der Waals surface area contributed by atoms with E-state index < -0.39 is 81.8 Å². The zero-order valence-corrected chi connectivity index (χ0v) is 40.5. The van der Waals surface area contributed by atoms with Crippen LogP contribution in [0.4, 0.5) is 0 Å². The average molecular weight is 954 g/mol. The van der Waals surface area contributed by atoms with Crippen LogP contribution in [0.2, 0.25) is 0 Å². The summed E-state index contributed by atoms with van der Waals surface area (Å²) in [4.78, 5) is 46.8. The molecule has 0 saturated heterocycles. The first kappa shape index (κ1) is 61.6. The van der Waals surface area contributed by atoms with E-state index in [4.69, 9.17) is 29.9 Å². The topological polar surface area (TPSA) is 232 Å². The molecule has 0 aliphatic heterocycles. The maximum absolute atomic E-state index is 13.0. The Balaban J connectivity index is 5.26. The molecule has 0 bridgehead atoms. The van der Waals surface area contributed by atoms with Gasteiger partial charge in [0.2, 0.25) is 0 Å². The normalized spacial score (nSPS) is 15.9. The van der Waals surface area contributed by atoms with Crippen molar-refractivity contribution in [3.05, 3.63) is 97.2 Å². The summed E-state index contributed by atoms with van der Waals surface area (Å²) in [5, 5.41) is 37.9. The number of phosphoric ester groups is 1. The molecule has 0 aliphatic carbocycles. The Morgan fingerprint density at radius 3 is 1.78 bits per heavy atom. The molecule has 6 atom stereocenters. The lowest BCUT2D eigenvalue weighted by Gasteiger charge is -2.22. The Labute approximate surface area is 393 Å². The molecule has 0 aromatic heterocycles. The highest BCUT2D eigenvalue weighted by Gasteiger charge is 2.28. The van der Waals surface area contributed by atoms with Crippen molar-refractivity contribution in [3.8, 4) is 0 Å². The van der Waals surface area contributed by atoms with E-state index in [1.165, 1.54) is 50.3 Å². The van der Waals surface area contributed by atoms with E-state index in [-0.39, 0.29) is 31.4 Å². The van der Waals surface area contributed by atoms with Crippen LogP contribution in [0.5, 0.6) is 0 Å². The van der Waals surface area contributed by atoms with Crippen molar-refractivity contribution in [2.45, 2.75) is 159 Å². The number of aliphatic hydroxyl groups excluding tert-OH is 3. The highest BCUT2D eigenvalue weighted by molar-refractivity contribution is 8.00. The Morgan fingerprint density at radius 2 is 1.22 bits per heavy atom. The molecule has 14 nitrogen and oxygen atoms in total. The smallest absolute Gasteiger partial charge is 0.472 e. The summed E-state index contributed by atoms with van der Waals surface area (Å²) in [5.74, 6) is -2.51. The molecule has 0 radical (unpaired) electrons. The van der Waals surface area contributed by atoms with Crippen LogP contribution < -0.4 is 5.73 Å². The van der Waals surface area contributed by atoms with Crippen molar-refractivity contribution in [2.75, 3.05) is 32.2 Å². The number of aliphatic hydroxyl groups is 3. The number of carboxylic acids is 1. The minimum Gasteiger partial charge on any atom is -0.481 e. The van der Waals surface area contributed by atoms with Gasteiger partial charge in [-0.2, -0.15) is 0 Å². The van der Waals surface area contributed by atoms with Crippen LogP contribution in [0, 0.1) is 0 Å². The van der Waals surface area contributed by atoms with Gasteiger partial charge in [0, 0.05) is 23.8 Å². The van der Waals surface area contributed by atoms with Gasteiger partial charge in [-0.05, 0) is 77.0 Å². The van der Waals surface area contributed by atoms with Crippen LogP contribution in [0.3, 0.4) is 0 Å². The predicted molar refractivity (Wildman–Crippen MR) is 261 cm³/mol. The number of rotatable bonds is 42. The van der Waals surface area contributed by atoms with Gasteiger partial charge in [0.05, 0.1) is 25.9 Å². The first-order valence-corrected chi connectivity index (χ1v) is 25.7. The van der Waals surface area contributed by atoms with Gasteiger partial charge in [0.25, 0.3) is 0 Å². The Hall–Kier alpha value is -3.37. The van der Waals surface area contributed by atoms with E-state index >= 15 is 0 Å². The Kier molecular flexibility index (Phi) is 41.0. The molecule has 0 aromatic carbocycles. The van der Waals surface area contributed by atoms with Crippen molar-refractivity contribution in [1.29, 1.82) is 0 Å². The van der Waals surface area contributed by atoms with Gasteiger partial charge in [0.15, 0.2) is 6.10 Å². The number of ether oxygens (including phenoxy) is 2. The second-order valence-electron chi connectivity index (χ2n) is 15.3. The number of unbranched alkanes of at least 4 members (excludes halogenated alkanes) is 7. The second kappa shape index (κ2) is 43.2. The summed E-state index contributed by atoms with van der Waals surface area (Å²) >= 11 is 1.18. The minimum atomic E-state index is -4.78. The molecule has 0 fully saturated rings. The SMILES string of the molecule is CCCCC/C=C\C\C=C/C=C/C=C/[C@@H](SC[C@H](N)C(=O)OC[C@H](COP(=O)(O)OC[C@@H](O)CO)OC(=O)CCC/C=C\C/C=C\C/C=C\C/C=C\CCCCC)[C@@H](O)CCCC(=O)O. The summed E-state index contributed by atoms with van der Waals surface area (Å²) in [5.41, 5.74) is 6.15. The number of carboxylic acid groups (broad SMARTS) is 1. The van der Waals surface area contributed by atoms with Gasteiger partial charge in [-0.1, -0.05) is 137 Å². The van der Waals surface area contributed by atoms with Crippen molar-refractivity contribution in [3.63, 3.8) is 0 Å². The van der Waals surface area contributed by atoms with Crippen LogP contribution >= 0.6 is 19.6 Å². The van der Waals surface area contributed by atoms with E-state index in [1.54, 1.807) is 18.2 Å². The zero-order valence-electron chi connectivity index (χ0n) is 38.8. The number of carbonyl (C=O) groups is 3. The number of allylic oxidation sites excluding steroid dienone is 15. The van der Waals surface area contributed by atoms with Gasteiger partial charge >= 0.3 is 25.7 Å². The second-order valence-corrected chi connectivity index (χ2v) is 17.9. The highest BCUT2D eigenvalue weighted by atomic mass is 32.2. The lowest BCUT2D eigenvalue weighted by Crippen LogP contribution is -2.38. The van der Waals surface area contributed by atoms with Gasteiger partial charge in [0.1, 0.15) is 18.8 Å². The molecule has 1 unspecified atom stereocenters. The molecular weight excluding hydrogens is 874 g/mol. The standard InChI is InChI=1S/C49H80NO13PS/c1-3-5-7-9-11-13-15-17-18-19-20-21-23-25-27-29-31-36-48(56)63-43(40-62-64(58,59)61-38-42(52)37-51)39-60-49(57)44(50)41-65-46(45(53)33-32-35-47(54)55)34-30-28-26-24-22-16-14-12-10-8-6-4-2/h11-14,17-18,20-22,24-28,30,34,42-46,51-53H,3-10,15-16,19,23,29,31-33,35-41,50H2,1-2H3,(H,54,55)(H,58,59)/b13-11-,14-12-,18-17-,21-20-,24-22-,27-25-,28-26+,34-30+/t42-,43+,44-,45-,46+/m0/s1. The number of carbonyl (C=O) groups excluding carboxylic acids is 2. The van der Waals surface area contributed by atoms with Crippen molar-refractivity contribution >= 4 is 37.5 Å². The number of hydrogen-bond acceptors (Lipinski definition) is 13. The number of esters is 2. The van der Waals surface area contributed by atoms with Gasteiger partial charge in [-0.3, -0.25) is 23.4 Å². The molecule has 370 valence electrons. The van der Waals surface area contributed by atoms with Crippen molar-refractivity contribution < 1.29 is 62.8 Å². The molecule has 0 heterocycles. The summed E-state index contributed by atoms with van der Waals surface area (Å²) in [6, 6.07) is -1.19. The lowest BCUT2D eigenvalue weighted by atomic mass is 10.1. The van der Waals surface area contributed by atoms with E-state index in [0.717, 1.165) is 38.5 Å². The Bertz CT molecular complexity index is 1530. The highest BCUT2D eigenvalue weighted by Crippen LogP contribution is 2.43. The third-order valence-electron chi connectivity index (χ3n) is 9.21. The largest absolute Gasteiger partial charge is 0.481 e. The summed E-state index contributed by atoms with van der Waals surface area (Å²) in [7, 11) is -4.78. The molecule has 16 heteroatoms. The molecule has 0 aliphatic rings. The fourth-order valence-corrected chi connectivity index (χ4v) is 7.40. The van der Waals surface area contributed by atoms with Crippen LogP contribution in [-0.4, -0.2) is 105 Å². The summed E-state index contributed by atoms with van der Waals surface area (Å²) < 4.78 is 32.8. The molecule has 0 spiro atoms. The molecule has 0 rings (SSSR count). The first-order chi connectivity index (χ1) is 31.3. The maximum atomic E-state index is 13.0. The molecule has 0 amide bonds. The zero-order chi connectivity index (χ0) is 48.2. The van der Waals surface area contributed by atoms with Crippen LogP contribution in [0.15, 0.2) is 97.2 Å². The Morgan fingerprint density at radius 1 is 0.677 bits per heavy atom. The molecule has 65 heavy (non-hydrogen) atoms. The predicted octanol–water partition coefficient (Wildman–Crippen LogP) is 9.31. The van der Waals surface area contributed by atoms with Crippen molar-refractivity contribution in [1.82, 2.24) is 0 Å².